The Kier molecular flexibility index (Phi) is 5.42. The minimum atomic E-state index is -0.150. The van der Waals surface area contributed by atoms with Gasteiger partial charge in [-0.25, -0.2) is 4.98 Å². The Labute approximate surface area is 100 Å². The molecule has 0 saturated carbocycles. The van der Waals surface area contributed by atoms with Crippen LogP contribution in [0.5, 0.6) is 0 Å². The molecule has 0 aromatic carbocycles. The zero-order valence-electron chi connectivity index (χ0n) is 9.95. The van der Waals surface area contributed by atoms with Gasteiger partial charge < -0.3 is 10.1 Å². The van der Waals surface area contributed by atoms with Crippen LogP contribution in [0.4, 0.5) is 0 Å². The number of nitrogens with zero attached hydrogens (tertiary/aromatic N) is 1. The largest absolute Gasteiger partial charge is 0.466 e. The molecule has 1 rings (SSSR count). The van der Waals surface area contributed by atoms with E-state index in [2.05, 4.69) is 17.2 Å². The Hall–Kier alpha value is -0.940. The predicted molar refractivity (Wildman–Crippen MR) is 64.5 cm³/mol. The fraction of sp³-hybridized carbons (Fsp3) is 0.636. The van der Waals surface area contributed by atoms with Crippen LogP contribution < -0.4 is 5.32 Å². The summed E-state index contributed by atoms with van der Waals surface area (Å²) in [5.41, 5.74) is 2.90. The molecule has 1 aromatic heterocycles. The van der Waals surface area contributed by atoms with Crippen LogP contribution in [-0.2, 0) is 9.53 Å². The quantitative estimate of drug-likeness (QED) is 0.776. The lowest BCUT2D eigenvalue weighted by Crippen LogP contribution is -2.22. The fourth-order valence-electron chi connectivity index (χ4n) is 1.44. The average molecular weight is 242 g/mol. The summed E-state index contributed by atoms with van der Waals surface area (Å²) >= 11 is 1.64. The van der Waals surface area contributed by atoms with E-state index in [1.807, 2.05) is 19.4 Å². The van der Waals surface area contributed by atoms with Crippen molar-refractivity contribution in [1.82, 2.24) is 10.3 Å². The van der Waals surface area contributed by atoms with Crippen molar-refractivity contribution in [3.05, 3.63) is 16.1 Å². The van der Waals surface area contributed by atoms with Crippen molar-refractivity contribution in [2.45, 2.75) is 33.2 Å². The first-order valence-corrected chi connectivity index (χ1v) is 6.32. The van der Waals surface area contributed by atoms with E-state index >= 15 is 0 Å². The van der Waals surface area contributed by atoms with Crippen LogP contribution in [0.3, 0.4) is 0 Å². The highest BCUT2D eigenvalue weighted by Crippen LogP contribution is 2.20. The highest BCUT2D eigenvalue weighted by Gasteiger charge is 2.10. The summed E-state index contributed by atoms with van der Waals surface area (Å²) in [4.78, 5) is 16.5. The van der Waals surface area contributed by atoms with E-state index in [1.54, 1.807) is 11.3 Å². The molecule has 0 radical (unpaired) electrons. The molecule has 0 amide bonds. The van der Waals surface area contributed by atoms with Gasteiger partial charge in [-0.1, -0.05) is 0 Å². The summed E-state index contributed by atoms with van der Waals surface area (Å²) < 4.78 is 4.85. The van der Waals surface area contributed by atoms with Crippen LogP contribution in [0, 0.1) is 6.92 Å². The first kappa shape index (κ1) is 13.1. The lowest BCUT2D eigenvalue weighted by molar-refractivity contribution is -0.142. The van der Waals surface area contributed by atoms with Crippen molar-refractivity contribution in [1.29, 1.82) is 0 Å². The van der Waals surface area contributed by atoms with Gasteiger partial charge in [-0.2, -0.15) is 0 Å². The van der Waals surface area contributed by atoms with Crippen LogP contribution >= 0.6 is 11.3 Å². The molecule has 1 heterocycles. The SMILES string of the molecule is CCOC(=O)CCNC(C)c1scnc1C. The van der Waals surface area contributed by atoms with Crippen molar-refractivity contribution in [3.8, 4) is 0 Å². The number of carbonyl (C=O) groups excluding carboxylic acids is 1. The highest BCUT2D eigenvalue weighted by molar-refractivity contribution is 7.09. The molecule has 0 aliphatic heterocycles. The summed E-state index contributed by atoms with van der Waals surface area (Å²) in [5, 5.41) is 3.28. The van der Waals surface area contributed by atoms with Gasteiger partial charge in [0, 0.05) is 17.5 Å². The topological polar surface area (TPSA) is 51.2 Å². The minimum Gasteiger partial charge on any atom is -0.466 e. The fourth-order valence-corrected chi connectivity index (χ4v) is 2.28. The lowest BCUT2D eigenvalue weighted by Gasteiger charge is -2.12. The lowest BCUT2D eigenvalue weighted by atomic mass is 10.2. The summed E-state index contributed by atoms with van der Waals surface area (Å²) in [6, 6.07) is 0.238. The van der Waals surface area contributed by atoms with E-state index in [0.29, 0.717) is 19.6 Å². The molecule has 1 unspecified atom stereocenters. The van der Waals surface area contributed by atoms with Crippen molar-refractivity contribution in [2.24, 2.45) is 0 Å². The van der Waals surface area contributed by atoms with Crippen LogP contribution in [0.2, 0.25) is 0 Å². The maximum Gasteiger partial charge on any atom is 0.307 e. The number of ether oxygens (including phenoxy) is 1. The first-order valence-electron chi connectivity index (χ1n) is 5.44. The number of aryl methyl sites for hydroxylation is 1. The van der Waals surface area contributed by atoms with E-state index in [-0.39, 0.29) is 12.0 Å². The average Bonchev–Trinajstić information content (AvgIpc) is 2.64. The summed E-state index contributed by atoms with van der Waals surface area (Å²) in [7, 11) is 0. The second-order valence-corrected chi connectivity index (χ2v) is 4.42. The van der Waals surface area contributed by atoms with Gasteiger partial charge in [-0.05, 0) is 20.8 Å². The predicted octanol–water partition coefficient (Wildman–Crippen LogP) is 2.06. The molecule has 16 heavy (non-hydrogen) atoms. The molecule has 5 heteroatoms. The van der Waals surface area contributed by atoms with Crippen molar-refractivity contribution >= 4 is 17.3 Å². The Morgan fingerprint density at radius 1 is 1.69 bits per heavy atom. The molecular weight excluding hydrogens is 224 g/mol. The van der Waals surface area contributed by atoms with Crippen molar-refractivity contribution in [3.63, 3.8) is 0 Å². The van der Waals surface area contributed by atoms with Crippen LogP contribution in [0.25, 0.3) is 0 Å². The number of hydrogen-bond acceptors (Lipinski definition) is 5. The summed E-state index contributed by atoms with van der Waals surface area (Å²) in [5.74, 6) is -0.150. The molecular formula is C11H18N2O2S. The van der Waals surface area contributed by atoms with E-state index < -0.39 is 0 Å². The van der Waals surface area contributed by atoms with Crippen LogP contribution in [-0.4, -0.2) is 24.1 Å². The van der Waals surface area contributed by atoms with Gasteiger partial charge in [0.2, 0.25) is 0 Å². The van der Waals surface area contributed by atoms with Crippen LogP contribution in [0.1, 0.15) is 36.9 Å². The summed E-state index contributed by atoms with van der Waals surface area (Å²) in [6.07, 6.45) is 0.413. The second-order valence-electron chi connectivity index (χ2n) is 3.53. The molecule has 0 saturated heterocycles. The third-order valence-electron chi connectivity index (χ3n) is 2.26. The monoisotopic (exact) mass is 242 g/mol. The molecule has 1 aromatic rings. The molecule has 1 atom stereocenters. The third kappa shape index (κ3) is 3.90. The molecule has 0 fully saturated rings. The molecule has 0 spiro atoms. The number of carbonyl (C=O) groups is 1. The standard InChI is InChI=1S/C11H18N2O2S/c1-4-15-10(14)5-6-12-8(2)11-9(3)13-7-16-11/h7-8,12H,4-6H2,1-3H3. The molecule has 1 N–H and O–H groups in total. The molecule has 90 valence electrons. The van der Waals surface area contributed by atoms with Gasteiger partial charge in [-0.3, -0.25) is 4.79 Å². The minimum absolute atomic E-state index is 0.150. The molecule has 4 nitrogen and oxygen atoms in total. The van der Waals surface area contributed by atoms with Gasteiger partial charge >= 0.3 is 5.97 Å². The van der Waals surface area contributed by atoms with Gasteiger partial charge in [0.25, 0.3) is 0 Å². The Morgan fingerprint density at radius 2 is 2.44 bits per heavy atom. The van der Waals surface area contributed by atoms with Crippen LogP contribution in [0.15, 0.2) is 5.51 Å². The maximum absolute atomic E-state index is 11.1. The van der Waals surface area contributed by atoms with E-state index in [1.165, 1.54) is 4.88 Å². The van der Waals surface area contributed by atoms with E-state index in [0.717, 1.165) is 5.69 Å². The molecule has 0 bridgehead atoms. The van der Waals surface area contributed by atoms with E-state index in [9.17, 15) is 4.79 Å². The summed E-state index contributed by atoms with van der Waals surface area (Å²) in [6.45, 7) is 6.97. The number of nitrogens with one attached hydrogen (secondary N) is 1. The van der Waals surface area contributed by atoms with Gasteiger partial charge in [0.1, 0.15) is 0 Å². The Morgan fingerprint density at radius 3 is 3.00 bits per heavy atom. The number of thiazole rings is 1. The number of hydrogen-bond donors (Lipinski definition) is 1. The first-order chi connectivity index (χ1) is 7.65. The zero-order valence-corrected chi connectivity index (χ0v) is 10.8. The zero-order chi connectivity index (χ0) is 12.0. The Bertz CT molecular complexity index is 338. The van der Waals surface area contributed by atoms with Gasteiger partial charge in [0.05, 0.1) is 24.2 Å². The Balaban J connectivity index is 2.28. The molecule has 0 aliphatic carbocycles. The second kappa shape index (κ2) is 6.60. The highest BCUT2D eigenvalue weighted by atomic mass is 32.1. The maximum atomic E-state index is 11.1. The number of aromatic nitrogens is 1. The van der Waals surface area contributed by atoms with Gasteiger partial charge in [-0.15, -0.1) is 11.3 Å². The van der Waals surface area contributed by atoms with E-state index in [4.69, 9.17) is 4.74 Å². The normalized spacial score (nSPS) is 12.4. The van der Waals surface area contributed by atoms with Crippen molar-refractivity contribution < 1.29 is 9.53 Å². The number of esters is 1. The smallest absolute Gasteiger partial charge is 0.307 e. The third-order valence-corrected chi connectivity index (χ3v) is 3.37. The molecule has 0 aliphatic rings. The van der Waals surface area contributed by atoms with Crippen molar-refractivity contribution in [2.75, 3.05) is 13.2 Å². The van der Waals surface area contributed by atoms with Gasteiger partial charge in [0.15, 0.2) is 0 Å². The number of rotatable bonds is 6.